The molecule has 27 heavy (non-hydrogen) atoms. The minimum absolute atomic E-state index is 0.0345. The quantitative estimate of drug-likeness (QED) is 0.553. The van der Waals surface area contributed by atoms with E-state index in [0.29, 0.717) is 17.9 Å². The zero-order chi connectivity index (χ0) is 19.4. The van der Waals surface area contributed by atoms with Crippen molar-refractivity contribution in [1.29, 1.82) is 0 Å². The number of benzene rings is 2. The first-order chi connectivity index (χ1) is 12.9. The largest absolute Gasteiger partial charge is 0.527 e. The number of para-hydroxylation sites is 1. The molecule has 0 atom stereocenters. The monoisotopic (exact) mass is 388 g/mol. The zero-order valence-electron chi connectivity index (χ0n) is 14.3. The Hall–Kier alpha value is -2.93. The second kappa shape index (κ2) is 7.75. The van der Waals surface area contributed by atoms with Crippen LogP contribution in [0.1, 0.15) is 28.7 Å². The molecule has 3 N–H and O–H groups in total. The molecular weight excluding hydrogens is 371 g/mol. The van der Waals surface area contributed by atoms with Crippen LogP contribution in [0.25, 0.3) is 23.2 Å². The summed E-state index contributed by atoms with van der Waals surface area (Å²) in [6.07, 6.45) is 3.56. The van der Waals surface area contributed by atoms with Gasteiger partial charge in [-0.25, -0.2) is 14.3 Å². The molecule has 0 unspecified atom stereocenters. The van der Waals surface area contributed by atoms with Crippen LogP contribution in [0, 0.1) is 0 Å². The molecule has 0 radical (unpaired) electrons. The summed E-state index contributed by atoms with van der Waals surface area (Å²) in [7, 11) is -4.93. The average Bonchev–Trinajstić information content (AvgIpc) is 3.03. The zero-order valence-corrected chi connectivity index (χ0v) is 15.2. The van der Waals surface area contributed by atoms with Gasteiger partial charge in [0, 0.05) is 0 Å². The Morgan fingerprint density at radius 3 is 2.59 bits per heavy atom. The number of nitrogens with one attached hydrogen (secondary N) is 1. The Kier molecular flexibility index (Phi) is 5.41. The number of carbonyl (C=O) groups excluding carboxylic acids is 1. The van der Waals surface area contributed by atoms with E-state index < -0.39 is 13.8 Å². The molecule has 1 heterocycles. The van der Waals surface area contributed by atoms with Crippen molar-refractivity contribution in [2.24, 2.45) is 0 Å². The molecule has 0 saturated carbocycles. The van der Waals surface area contributed by atoms with Crippen LogP contribution in [0.5, 0.6) is 5.75 Å². The summed E-state index contributed by atoms with van der Waals surface area (Å²) in [5, 5.41) is 0. The number of ether oxygens (including phenoxy) is 1. The van der Waals surface area contributed by atoms with E-state index in [0.717, 1.165) is 11.3 Å². The van der Waals surface area contributed by atoms with E-state index in [1.807, 2.05) is 37.3 Å². The number of fused-ring (bicyclic) bond motifs is 1. The third kappa shape index (κ3) is 4.83. The summed E-state index contributed by atoms with van der Waals surface area (Å²) in [5.74, 6) is 0.129. The summed E-state index contributed by atoms with van der Waals surface area (Å²) < 4.78 is 20.4. The van der Waals surface area contributed by atoms with Crippen LogP contribution in [0.2, 0.25) is 0 Å². The molecule has 0 fully saturated rings. The number of aromatic nitrogens is 2. The van der Waals surface area contributed by atoms with E-state index in [2.05, 4.69) is 14.5 Å². The molecular formula is C18H17N2O6P. The minimum Gasteiger partial charge on any atom is -0.494 e. The van der Waals surface area contributed by atoms with Crippen LogP contribution in [0.3, 0.4) is 0 Å². The van der Waals surface area contributed by atoms with Crippen LogP contribution in [-0.2, 0) is 9.09 Å². The minimum atomic E-state index is -4.93. The number of hydrogen-bond donors (Lipinski definition) is 3. The van der Waals surface area contributed by atoms with Crippen molar-refractivity contribution in [2.45, 2.75) is 6.92 Å². The molecule has 0 saturated heterocycles. The first kappa shape index (κ1) is 18.8. The SMILES string of the molecule is CCOc1ccc(/C=C/c2nc3c(C(=O)OP(=O)(O)O)cccc3[nH]2)cc1. The van der Waals surface area contributed by atoms with Gasteiger partial charge in [0.25, 0.3) is 0 Å². The van der Waals surface area contributed by atoms with Gasteiger partial charge in [0.15, 0.2) is 0 Å². The van der Waals surface area contributed by atoms with Crippen molar-refractivity contribution in [3.8, 4) is 5.75 Å². The summed E-state index contributed by atoms with van der Waals surface area (Å²) in [4.78, 5) is 36.9. The van der Waals surface area contributed by atoms with E-state index in [1.54, 1.807) is 18.2 Å². The van der Waals surface area contributed by atoms with Gasteiger partial charge in [-0.3, -0.25) is 9.79 Å². The molecule has 8 nitrogen and oxygen atoms in total. The van der Waals surface area contributed by atoms with Gasteiger partial charge in [-0.15, -0.1) is 0 Å². The number of phosphoric acid groups is 1. The lowest BCUT2D eigenvalue weighted by molar-refractivity contribution is 0.0680. The number of carbonyl (C=O) groups is 1. The smallest absolute Gasteiger partial charge is 0.494 e. The molecule has 3 rings (SSSR count). The maximum Gasteiger partial charge on any atom is 0.527 e. The van der Waals surface area contributed by atoms with Crippen LogP contribution < -0.4 is 4.74 Å². The summed E-state index contributed by atoms with van der Waals surface area (Å²) in [5.41, 5.74) is 1.71. The molecule has 0 aliphatic carbocycles. The number of hydrogen-bond acceptors (Lipinski definition) is 5. The highest BCUT2D eigenvalue weighted by atomic mass is 31.2. The van der Waals surface area contributed by atoms with Gasteiger partial charge in [-0.1, -0.05) is 24.3 Å². The highest BCUT2D eigenvalue weighted by Crippen LogP contribution is 2.37. The van der Waals surface area contributed by atoms with E-state index in [-0.39, 0.29) is 11.1 Å². The van der Waals surface area contributed by atoms with Crippen molar-refractivity contribution in [2.75, 3.05) is 6.61 Å². The third-order valence-corrected chi connectivity index (χ3v) is 3.98. The topological polar surface area (TPSA) is 122 Å². The van der Waals surface area contributed by atoms with Crippen LogP contribution in [0.4, 0.5) is 0 Å². The Labute approximate surface area is 154 Å². The van der Waals surface area contributed by atoms with Gasteiger partial charge >= 0.3 is 13.8 Å². The Morgan fingerprint density at radius 1 is 1.19 bits per heavy atom. The van der Waals surface area contributed by atoms with Crippen molar-refractivity contribution < 1.29 is 28.4 Å². The standard InChI is InChI=1S/C18H17N2O6P/c1-2-25-13-9-6-12(7-10-13)8-11-16-19-15-5-3-4-14(17(15)20-16)18(21)26-27(22,23)24/h3-11H,2H2,1H3,(H,19,20)(H2,22,23,24)/b11-8+. The third-order valence-electron chi connectivity index (χ3n) is 3.58. The predicted octanol–water partition coefficient (Wildman–Crippen LogP) is 3.38. The molecule has 3 aromatic rings. The number of phosphoric ester groups is 1. The second-order valence-corrected chi connectivity index (χ2v) is 6.69. The van der Waals surface area contributed by atoms with Crippen LogP contribution in [0.15, 0.2) is 42.5 Å². The molecule has 0 aliphatic rings. The van der Waals surface area contributed by atoms with E-state index in [9.17, 15) is 9.36 Å². The lowest BCUT2D eigenvalue weighted by Gasteiger charge is -2.05. The van der Waals surface area contributed by atoms with E-state index in [1.165, 1.54) is 6.07 Å². The number of rotatable bonds is 6. The highest BCUT2D eigenvalue weighted by Gasteiger charge is 2.24. The van der Waals surface area contributed by atoms with E-state index >= 15 is 0 Å². The van der Waals surface area contributed by atoms with Gasteiger partial charge in [0.1, 0.15) is 17.1 Å². The van der Waals surface area contributed by atoms with Crippen LogP contribution >= 0.6 is 7.82 Å². The van der Waals surface area contributed by atoms with Crippen molar-refractivity contribution in [3.63, 3.8) is 0 Å². The maximum absolute atomic E-state index is 11.9. The Balaban J connectivity index is 1.85. The summed E-state index contributed by atoms with van der Waals surface area (Å²) in [6, 6.07) is 12.2. The number of nitrogens with zero attached hydrogens (tertiary/aromatic N) is 1. The molecule has 140 valence electrons. The van der Waals surface area contributed by atoms with E-state index in [4.69, 9.17) is 14.5 Å². The van der Waals surface area contributed by atoms with Gasteiger partial charge in [0.2, 0.25) is 0 Å². The lowest BCUT2D eigenvalue weighted by Crippen LogP contribution is -2.03. The fourth-order valence-electron chi connectivity index (χ4n) is 2.47. The fraction of sp³-hybridized carbons (Fsp3) is 0.111. The first-order valence-electron chi connectivity index (χ1n) is 8.05. The Morgan fingerprint density at radius 2 is 1.93 bits per heavy atom. The average molecular weight is 388 g/mol. The molecule has 9 heteroatoms. The maximum atomic E-state index is 11.9. The number of H-pyrrole nitrogens is 1. The van der Waals surface area contributed by atoms with Gasteiger partial charge < -0.3 is 14.2 Å². The Bertz CT molecular complexity index is 1040. The lowest BCUT2D eigenvalue weighted by atomic mass is 10.2. The molecule has 1 aromatic heterocycles. The summed E-state index contributed by atoms with van der Waals surface area (Å²) >= 11 is 0. The van der Waals surface area contributed by atoms with Gasteiger partial charge in [-0.2, -0.15) is 0 Å². The predicted molar refractivity (Wildman–Crippen MR) is 100 cm³/mol. The number of aromatic amines is 1. The highest BCUT2D eigenvalue weighted by molar-refractivity contribution is 7.46. The normalized spacial score (nSPS) is 11.8. The first-order valence-corrected chi connectivity index (χ1v) is 9.58. The van der Waals surface area contributed by atoms with Gasteiger partial charge in [0.05, 0.1) is 17.7 Å². The van der Waals surface area contributed by atoms with Crippen LogP contribution in [-0.4, -0.2) is 32.3 Å². The molecule has 2 aromatic carbocycles. The van der Waals surface area contributed by atoms with Crippen molar-refractivity contribution in [1.82, 2.24) is 9.97 Å². The van der Waals surface area contributed by atoms with Crippen molar-refractivity contribution >= 4 is 37.0 Å². The van der Waals surface area contributed by atoms with Gasteiger partial charge in [-0.05, 0) is 42.8 Å². The summed E-state index contributed by atoms with van der Waals surface area (Å²) in [6.45, 7) is 2.51. The number of imidazole rings is 1. The molecule has 0 aliphatic heterocycles. The van der Waals surface area contributed by atoms with Crippen molar-refractivity contribution in [3.05, 3.63) is 59.4 Å². The molecule has 0 amide bonds. The molecule has 0 bridgehead atoms. The fourth-order valence-corrected chi connectivity index (χ4v) is 2.78. The second-order valence-electron chi connectivity index (χ2n) is 5.53. The molecule has 0 spiro atoms.